The van der Waals surface area contributed by atoms with Crippen LogP contribution in [0, 0.1) is 0 Å². The Bertz CT molecular complexity index is 2050. The molecule has 0 saturated heterocycles. The van der Waals surface area contributed by atoms with E-state index < -0.39 is 0 Å². The summed E-state index contributed by atoms with van der Waals surface area (Å²) in [4.78, 5) is 14.1. The van der Waals surface area contributed by atoms with Gasteiger partial charge < -0.3 is 37.9 Å². The highest BCUT2D eigenvalue weighted by atomic mass is 16.6. The van der Waals surface area contributed by atoms with Crippen molar-refractivity contribution in [2.75, 3.05) is 39.6 Å². The van der Waals surface area contributed by atoms with Gasteiger partial charge in [0.25, 0.3) is 0 Å². The Balaban J connectivity index is 1.52. The quantitative estimate of drug-likeness (QED) is 0.0317. The Kier molecular flexibility index (Phi) is 44.3. The van der Waals surface area contributed by atoms with Crippen molar-refractivity contribution in [1.82, 2.24) is 0 Å². The van der Waals surface area contributed by atoms with Crippen LogP contribution in [0.1, 0.15) is 327 Å². The third-order valence-corrected chi connectivity index (χ3v) is 16.7. The normalized spacial score (nSPS) is 11.2. The maximum atomic E-state index is 14.1. The average Bonchev–Trinajstić information content (AvgIpc) is 3.74. The molecule has 0 unspecified atom stereocenters. The van der Waals surface area contributed by atoms with Crippen LogP contribution in [0.2, 0.25) is 0 Å². The lowest BCUT2D eigenvalue weighted by molar-refractivity contribution is 0.103. The van der Waals surface area contributed by atoms with E-state index in [1.54, 1.807) is 0 Å². The van der Waals surface area contributed by atoms with Crippen LogP contribution < -0.4 is 37.9 Å². The number of ether oxygens (including phenoxy) is 8. The SMILES string of the molecule is CCCCCCCCCOc1cc(Oc2ccc(C(=O)c3ccc(Oc4cc(OCCCCCCCCC)c(OCCCCCCCCC)c(OCCCCCCCCC)c4)cc3)cc2)cc(OCCCCCCCCC)c1OCCCCCCCCC. The number of hydrogen-bond acceptors (Lipinski definition) is 9. The summed E-state index contributed by atoms with van der Waals surface area (Å²) in [5, 5.41) is 0. The van der Waals surface area contributed by atoms with Crippen molar-refractivity contribution in [1.29, 1.82) is 0 Å². The summed E-state index contributed by atoms with van der Waals surface area (Å²) in [6, 6.07) is 22.5. The van der Waals surface area contributed by atoms with Gasteiger partial charge in [-0.3, -0.25) is 4.79 Å². The average molecular weight is 1220 g/mol. The topological polar surface area (TPSA) is 90.9 Å². The van der Waals surface area contributed by atoms with Gasteiger partial charge in [-0.2, -0.15) is 0 Å². The third kappa shape index (κ3) is 34.2. The highest BCUT2D eigenvalue weighted by Gasteiger charge is 2.20. The molecule has 9 nitrogen and oxygen atoms in total. The van der Waals surface area contributed by atoms with Crippen LogP contribution in [-0.2, 0) is 0 Å². The number of carbonyl (C=O) groups is 1. The van der Waals surface area contributed by atoms with Crippen molar-refractivity contribution >= 4 is 5.78 Å². The second-order valence-electron chi connectivity index (χ2n) is 24.9. The van der Waals surface area contributed by atoms with Crippen molar-refractivity contribution in [3.8, 4) is 57.5 Å². The highest BCUT2D eigenvalue weighted by molar-refractivity contribution is 6.09. The van der Waals surface area contributed by atoms with Crippen LogP contribution in [0.5, 0.6) is 57.5 Å². The van der Waals surface area contributed by atoms with Gasteiger partial charge in [0, 0.05) is 35.4 Å². The van der Waals surface area contributed by atoms with E-state index in [4.69, 9.17) is 37.9 Å². The molecule has 0 aliphatic heterocycles. The van der Waals surface area contributed by atoms with E-state index in [2.05, 4.69) is 41.5 Å². The molecule has 0 atom stereocenters. The summed E-state index contributed by atoms with van der Waals surface area (Å²) in [6.07, 6.45) is 50.8. The highest BCUT2D eigenvalue weighted by Crippen LogP contribution is 2.45. The Morgan fingerprint density at radius 1 is 0.239 bits per heavy atom. The molecule has 4 aromatic rings. The molecule has 0 aromatic heterocycles. The van der Waals surface area contributed by atoms with Crippen LogP contribution >= 0.6 is 0 Å². The minimum absolute atomic E-state index is 0.0905. The summed E-state index contributed by atoms with van der Waals surface area (Å²) in [7, 11) is 0. The fraction of sp³-hybridized carbons (Fsp3) is 0.684. The molecule has 0 heterocycles. The molecule has 0 amide bonds. The molecule has 0 bridgehead atoms. The Morgan fingerprint density at radius 2 is 0.432 bits per heavy atom. The van der Waals surface area contributed by atoms with Crippen molar-refractivity contribution in [2.45, 2.75) is 311 Å². The standard InChI is InChI=1S/C79H126O9/c1-7-13-19-25-31-37-43-57-81-73-63-71(64-74(82-58-44-38-32-26-20-14-8-2)78(73)85-61-47-41-35-29-23-17-11-5)87-69-53-49-67(50-54-69)77(80)68-51-55-70(56-52-68)88-72-65-75(83-59-45-39-33-27-21-15-9-3)79(86-62-48-42-36-30-24-18-12-6)76(66-72)84-60-46-40-34-28-22-16-10-4/h49-56,63-66H,7-48,57-62H2,1-6H3. The molecule has 88 heavy (non-hydrogen) atoms. The number of hydrogen-bond donors (Lipinski definition) is 0. The minimum atomic E-state index is -0.0905. The fourth-order valence-electron chi connectivity index (χ4n) is 11.2. The smallest absolute Gasteiger partial charge is 0.203 e. The molecule has 0 saturated carbocycles. The van der Waals surface area contributed by atoms with Gasteiger partial charge in [0.05, 0.1) is 39.6 Å². The van der Waals surface area contributed by atoms with Crippen LogP contribution in [-0.4, -0.2) is 45.4 Å². The molecule has 4 aromatic carbocycles. The molecule has 0 spiro atoms. The first kappa shape index (κ1) is 75.4. The fourth-order valence-corrected chi connectivity index (χ4v) is 11.2. The molecular weight excluding hydrogens is 1090 g/mol. The van der Waals surface area contributed by atoms with Gasteiger partial charge >= 0.3 is 0 Å². The minimum Gasteiger partial charge on any atom is -0.489 e. The number of rotatable bonds is 60. The monoisotopic (exact) mass is 1220 g/mol. The van der Waals surface area contributed by atoms with Crippen molar-refractivity contribution in [3.05, 3.63) is 83.9 Å². The predicted molar refractivity (Wildman–Crippen MR) is 370 cm³/mol. The lowest BCUT2D eigenvalue weighted by atomic mass is 10.0. The van der Waals surface area contributed by atoms with E-state index in [0.717, 1.165) is 77.0 Å². The molecule has 0 aliphatic rings. The molecule has 0 aliphatic carbocycles. The lowest BCUT2D eigenvalue weighted by Crippen LogP contribution is -2.07. The second kappa shape index (κ2) is 51.7. The van der Waals surface area contributed by atoms with Crippen molar-refractivity contribution < 1.29 is 42.7 Å². The van der Waals surface area contributed by atoms with Gasteiger partial charge in [-0.15, -0.1) is 0 Å². The predicted octanol–water partition coefficient (Wildman–Crippen LogP) is 25.3. The molecule has 0 fully saturated rings. The second-order valence-corrected chi connectivity index (χ2v) is 24.9. The molecule has 0 N–H and O–H groups in total. The first-order valence-electron chi connectivity index (χ1n) is 36.7. The lowest BCUT2D eigenvalue weighted by Gasteiger charge is -2.19. The van der Waals surface area contributed by atoms with Gasteiger partial charge in [0.15, 0.2) is 28.8 Å². The number of carbonyl (C=O) groups excluding carboxylic acids is 1. The van der Waals surface area contributed by atoms with E-state index in [0.29, 0.717) is 108 Å². The molecule has 496 valence electrons. The van der Waals surface area contributed by atoms with Crippen molar-refractivity contribution in [2.24, 2.45) is 0 Å². The van der Waals surface area contributed by atoms with Crippen LogP contribution in [0.15, 0.2) is 72.8 Å². The summed E-state index contributed by atoms with van der Waals surface area (Å²) < 4.78 is 52.7. The molecule has 0 radical (unpaired) electrons. The first-order valence-corrected chi connectivity index (χ1v) is 36.7. The molecule has 9 heteroatoms. The summed E-state index contributed by atoms with van der Waals surface area (Å²) in [5.41, 5.74) is 1.12. The maximum absolute atomic E-state index is 14.1. The van der Waals surface area contributed by atoms with E-state index in [1.165, 1.54) is 193 Å². The Labute approximate surface area is 538 Å². The summed E-state index contributed by atoms with van der Waals surface area (Å²) >= 11 is 0. The third-order valence-electron chi connectivity index (χ3n) is 16.7. The molecule has 4 rings (SSSR count). The summed E-state index contributed by atoms with van der Waals surface area (Å²) in [5.74, 6) is 6.28. The van der Waals surface area contributed by atoms with E-state index in [9.17, 15) is 4.79 Å². The Hall–Kier alpha value is -5.05. The van der Waals surface area contributed by atoms with Gasteiger partial charge in [0.2, 0.25) is 11.5 Å². The number of benzene rings is 4. The van der Waals surface area contributed by atoms with E-state index in [1.807, 2.05) is 72.8 Å². The van der Waals surface area contributed by atoms with E-state index in [-0.39, 0.29) is 5.78 Å². The van der Waals surface area contributed by atoms with Crippen molar-refractivity contribution in [3.63, 3.8) is 0 Å². The zero-order valence-electron chi connectivity index (χ0n) is 57.0. The number of unbranched alkanes of at least 4 members (excludes halogenated alkanes) is 36. The van der Waals surface area contributed by atoms with Crippen LogP contribution in [0.4, 0.5) is 0 Å². The first-order chi connectivity index (χ1) is 43.4. The van der Waals surface area contributed by atoms with Crippen LogP contribution in [0.25, 0.3) is 0 Å². The van der Waals surface area contributed by atoms with E-state index >= 15 is 0 Å². The maximum Gasteiger partial charge on any atom is 0.203 e. The Morgan fingerprint density at radius 3 is 0.648 bits per heavy atom. The van der Waals surface area contributed by atoms with Gasteiger partial charge in [-0.1, -0.05) is 273 Å². The summed E-state index contributed by atoms with van der Waals surface area (Å²) in [6.45, 7) is 17.2. The van der Waals surface area contributed by atoms with Gasteiger partial charge in [0.1, 0.15) is 23.0 Å². The van der Waals surface area contributed by atoms with Gasteiger partial charge in [-0.25, -0.2) is 0 Å². The number of ketones is 1. The largest absolute Gasteiger partial charge is 0.489 e. The van der Waals surface area contributed by atoms with Gasteiger partial charge in [-0.05, 0) is 87.1 Å². The zero-order valence-corrected chi connectivity index (χ0v) is 57.0. The molecular formula is C79H126O9. The zero-order chi connectivity index (χ0) is 62.6. The van der Waals surface area contributed by atoms with Crippen LogP contribution in [0.3, 0.4) is 0 Å².